The summed E-state index contributed by atoms with van der Waals surface area (Å²) in [7, 11) is 0. The highest BCUT2D eigenvalue weighted by atomic mass is 16.3. The molecule has 0 aliphatic heterocycles. The van der Waals surface area contributed by atoms with Crippen LogP contribution in [0.3, 0.4) is 0 Å². The molecule has 1 aromatic carbocycles. The molecular weight excluding hydrogens is 136 g/mol. The van der Waals surface area contributed by atoms with Gasteiger partial charge in [0.1, 0.15) is 5.76 Å². The second-order valence-electron chi connectivity index (χ2n) is 2.05. The van der Waals surface area contributed by atoms with Gasteiger partial charge in [-0.25, -0.2) is 0 Å². The zero-order valence-electron chi connectivity index (χ0n) is 5.72. The van der Waals surface area contributed by atoms with Crippen molar-refractivity contribution in [2.24, 2.45) is 0 Å². The van der Waals surface area contributed by atoms with Crippen LogP contribution in [0.25, 0.3) is 11.3 Å². The molecule has 0 saturated heterocycles. The van der Waals surface area contributed by atoms with Gasteiger partial charge in [-0.1, -0.05) is 0 Å². The van der Waals surface area contributed by atoms with Gasteiger partial charge in [-0.15, -0.1) is 0 Å². The van der Waals surface area contributed by atoms with Crippen molar-refractivity contribution in [3.63, 3.8) is 0 Å². The fraction of sp³-hybridized carbons (Fsp3) is 0. The molecule has 0 aliphatic carbocycles. The van der Waals surface area contributed by atoms with Crippen LogP contribution in [0.2, 0.25) is 0 Å². The standard InChI is InChI=1S/C10H4O/c1-2-5-9(6-3-1)10-7-4-8-11-10/h4-5,7-8H. The third kappa shape index (κ3) is 1.17. The molecule has 0 spiro atoms. The summed E-state index contributed by atoms with van der Waals surface area (Å²) in [6.45, 7) is 0. The summed E-state index contributed by atoms with van der Waals surface area (Å²) in [5.41, 5.74) is 0.855. The van der Waals surface area contributed by atoms with Crippen LogP contribution in [-0.2, 0) is 0 Å². The van der Waals surface area contributed by atoms with Crippen molar-refractivity contribution in [3.8, 4) is 11.3 Å². The van der Waals surface area contributed by atoms with E-state index >= 15 is 0 Å². The van der Waals surface area contributed by atoms with Crippen LogP contribution in [0.15, 0.2) is 28.9 Å². The van der Waals surface area contributed by atoms with E-state index in [1.807, 2.05) is 12.1 Å². The van der Waals surface area contributed by atoms with Crippen LogP contribution in [-0.4, -0.2) is 0 Å². The maximum Gasteiger partial charge on any atom is 0.134 e. The average Bonchev–Trinajstić information content (AvgIpc) is 2.58. The van der Waals surface area contributed by atoms with Crippen molar-refractivity contribution in [2.75, 3.05) is 0 Å². The summed E-state index contributed by atoms with van der Waals surface area (Å²) < 4.78 is 5.13. The lowest BCUT2D eigenvalue weighted by molar-refractivity contribution is 0.582. The Morgan fingerprint density at radius 3 is 2.91 bits per heavy atom. The van der Waals surface area contributed by atoms with Crippen LogP contribution in [0.1, 0.15) is 0 Å². The number of furan rings is 1. The van der Waals surface area contributed by atoms with Crippen molar-refractivity contribution in [1.82, 2.24) is 0 Å². The number of hydrogen-bond acceptors (Lipinski definition) is 1. The molecule has 0 saturated carbocycles. The second kappa shape index (κ2) is 2.62. The van der Waals surface area contributed by atoms with Crippen LogP contribution in [0, 0.1) is 24.3 Å². The van der Waals surface area contributed by atoms with E-state index in [0.717, 1.165) is 11.3 Å². The van der Waals surface area contributed by atoms with Gasteiger partial charge in [-0.3, -0.25) is 0 Å². The molecule has 0 bridgehead atoms. The lowest BCUT2D eigenvalue weighted by atomic mass is 10.2. The quantitative estimate of drug-likeness (QED) is 0.591. The maximum absolute atomic E-state index is 5.13. The van der Waals surface area contributed by atoms with E-state index < -0.39 is 0 Å². The van der Waals surface area contributed by atoms with Crippen molar-refractivity contribution in [1.29, 1.82) is 0 Å². The van der Waals surface area contributed by atoms with Crippen molar-refractivity contribution in [2.45, 2.75) is 0 Å². The summed E-state index contributed by atoms with van der Waals surface area (Å²) in [4.78, 5) is 0. The zero-order valence-corrected chi connectivity index (χ0v) is 5.72. The van der Waals surface area contributed by atoms with Gasteiger partial charge in [-0.05, 0) is 30.3 Å². The lowest BCUT2D eigenvalue weighted by Crippen LogP contribution is -1.71. The van der Waals surface area contributed by atoms with E-state index in [-0.39, 0.29) is 0 Å². The first-order valence-electron chi connectivity index (χ1n) is 3.22. The van der Waals surface area contributed by atoms with E-state index in [1.165, 1.54) is 0 Å². The molecule has 0 unspecified atom stereocenters. The molecule has 2 rings (SSSR count). The Morgan fingerprint density at radius 2 is 2.27 bits per heavy atom. The monoisotopic (exact) mass is 140 g/mol. The van der Waals surface area contributed by atoms with Crippen LogP contribution in [0.4, 0.5) is 0 Å². The Balaban J connectivity index is 2.46. The highest BCUT2D eigenvalue weighted by molar-refractivity contribution is 5.55. The van der Waals surface area contributed by atoms with Gasteiger partial charge in [-0.2, -0.15) is 0 Å². The fourth-order valence-corrected chi connectivity index (χ4v) is 0.844. The minimum absolute atomic E-state index is 0.784. The summed E-state index contributed by atoms with van der Waals surface area (Å²) in [5.74, 6) is 0.784. The highest BCUT2D eigenvalue weighted by Gasteiger charge is 1.97. The molecule has 0 amide bonds. The van der Waals surface area contributed by atoms with Crippen molar-refractivity contribution < 1.29 is 4.42 Å². The minimum atomic E-state index is 0.784. The van der Waals surface area contributed by atoms with Gasteiger partial charge in [0.15, 0.2) is 0 Å². The number of benzene rings is 1. The smallest absolute Gasteiger partial charge is 0.134 e. The average molecular weight is 140 g/mol. The molecule has 0 aliphatic rings. The number of rotatable bonds is 1. The van der Waals surface area contributed by atoms with Gasteiger partial charge >= 0.3 is 0 Å². The Kier molecular flexibility index (Phi) is 1.48. The van der Waals surface area contributed by atoms with E-state index in [9.17, 15) is 0 Å². The predicted molar refractivity (Wildman–Crippen MR) is 39.5 cm³/mol. The summed E-state index contributed by atoms with van der Waals surface area (Å²) in [5, 5.41) is 0. The molecule has 4 radical (unpaired) electrons. The molecule has 0 fully saturated rings. The summed E-state index contributed by atoms with van der Waals surface area (Å²) in [6.07, 6.45) is 1.62. The largest absolute Gasteiger partial charge is 0.464 e. The topological polar surface area (TPSA) is 13.1 Å². The van der Waals surface area contributed by atoms with Crippen molar-refractivity contribution in [3.05, 3.63) is 48.7 Å². The van der Waals surface area contributed by atoms with E-state index in [2.05, 4.69) is 24.3 Å². The maximum atomic E-state index is 5.13. The SMILES string of the molecule is [c]1[c][c]c(-c2ccco2)c[c]1. The van der Waals surface area contributed by atoms with Crippen LogP contribution >= 0.6 is 0 Å². The molecule has 0 atom stereocenters. The minimum Gasteiger partial charge on any atom is -0.464 e. The molecule has 1 heterocycles. The molecule has 1 aromatic heterocycles. The lowest BCUT2D eigenvalue weighted by Gasteiger charge is -1.90. The Hall–Kier alpha value is -1.50. The Bertz CT molecular complexity index is 308. The molecule has 1 nitrogen and oxygen atoms in total. The van der Waals surface area contributed by atoms with Crippen molar-refractivity contribution >= 4 is 0 Å². The second-order valence-corrected chi connectivity index (χ2v) is 2.05. The Morgan fingerprint density at radius 1 is 1.27 bits per heavy atom. The van der Waals surface area contributed by atoms with Gasteiger partial charge in [0.2, 0.25) is 0 Å². The van der Waals surface area contributed by atoms with E-state index in [1.54, 1.807) is 12.3 Å². The molecule has 1 heteroatoms. The number of hydrogen-bond donors (Lipinski definition) is 0. The summed E-state index contributed by atoms with van der Waals surface area (Å²) >= 11 is 0. The van der Waals surface area contributed by atoms with E-state index in [0.29, 0.717) is 0 Å². The van der Waals surface area contributed by atoms with Gasteiger partial charge < -0.3 is 4.42 Å². The van der Waals surface area contributed by atoms with Gasteiger partial charge in [0.05, 0.1) is 6.26 Å². The molecular formula is C10H4O. The third-order valence-corrected chi connectivity index (χ3v) is 1.33. The third-order valence-electron chi connectivity index (χ3n) is 1.33. The first kappa shape index (κ1) is 6.23. The highest BCUT2D eigenvalue weighted by Crippen LogP contribution is 2.16. The van der Waals surface area contributed by atoms with Crippen LogP contribution in [0.5, 0.6) is 0 Å². The zero-order chi connectivity index (χ0) is 7.52. The first-order chi connectivity index (χ1) is 5.47. The van der Waals surface area contributed by atoms with Gasteiger partial charge in [0.25, 0.3) is 0 Å². The molecule has 11 heavy (non-hydrogen) atoms. The predicted octanol–water partition coefficient (Wildman–Crippen LogP) is 2.15. The normalized spacial score (nSPS) is 9.82. The molecule has 2 aromatic rings. The van der Waals surface area contributed by atoms with Gasteiger partial charge in [0, 0.05) is 17.7 Å². The Labute approximate surface area is 65.3 Å². The summed E-state index contributed by atoms with van der Waals surface area (Å²) in [6, 6.07) is 16.4. The molecule has 50 valence electrons. The van der Waals surface area contributed by atoms with Crippen LogP contribution < -0.4 is 0 Å². The fourth-order valence-electron chi connectivity index (χ4n) is 0.844. The molecule has 0 N–H and O–H groups in total. The van der Waals surface area contributed by atoms with E-state index in [4.69, 9.17) is 4.42 Å². The first-order valence-corrected chi connectivity index (χ1v) is 3.22.